The minimum absolute atomic E-state index is 0.161. The summed E-state index contributed by atoms with van der Waals surface area (Å²) in [7, 11) is 0. The Morgan fingerprint density at radius 1 is 1.29 bits per heavy atom. The van der Waals surface area contributed by atoms with Crippen LogP contribution in [0.15, 0.2) is 10.5 Å². The number of β-amino-alcohol motifs (C(OH)–C–C–N with tert-alkyl or cyclic N) is 1. The van der Waals surface area contributed by atoms with Gasteiger partial charge in [-0.25, -0.2) is 0 Å². The molecule has 0 saturated carbocycles. The van der Waals surface area contributed by atoms with E-state index in [9.17, 15) is 9.90 Å². The van der Waals surface area contributed by atoms with Crippen LogP contribution in [0, 0.1) is 13.8 Å². The Labute approximate surface area is 126 Å². The Bertz CT molecular complexity index is 488. The number of rotatable bonds is 4. The van der Waals surface area contributed by atoms with Gasteiger partial charge in [-0.3, -0.25) is 9.69 Å². The maximum absolute atomic E-state index is 12.6. The lowest BCUT2D eigenvalue weighted by Gasteiger charge is -2.36. The first-order valence-electron chi connectivity index (χ1n) is 7.64. The van der Waals surface area contributed by atoms with Gasteiger partial charge in [-0.2, -0.15) is 0 Å². The maximum Gasteiger partial charge on any atom is 0.230 e. The standard InChI is InChI=1S/C16H26N2O3/c1-11(19)10-17-5-7-18(8-6-17)16(20)13(3)15-9-12(2)21-14(15)4/h9,11,13,19H,5-8,10H2,1-4H3/t11-,13-/m0/s1. The molecule has 0 aliphatic carbocycles. The summed E-state index contributed by atoms with van der Waals surface area (Å²) in [5.41, 5.74) is 0.990. The SMILES string of the molecule is Cc1cc([C@H](C)C(=O)N2CCN(C[C@H](C)O)CC2)c(C)o1. The van der Waals surface area contributed by atoms with Crippen molar-refractivity contribution in [2.75, 3.05) is 32.7 Å². The first-order valence-corrected chi connectivity index (χ1v) is 7.64. The molecule has 1 aliphatic rings. The van der Waals surface area contributed by atoms with Gasteiger partial charge >= 0.3 is 0 Å². The molecule has 118 valence electrons. The van der Waals surface area contributed by atoms with E-state index in [0.717, 1.165) is 43.3 Å². The smallest absolute Gasteiger partial charge is 0.230 e. The lowest BCUT2D eigenvalue weighted by Crippen LogP contribution is -2.51. The molecule has 1 fully saturated rings. The number of carbonyl (C=O) groups excluding carboxylic acids is 1. The van der Waals surface area contributed by atoms with Crippen LogP contribution in [0.2, 0.25) is 0 Å². The van der Waals surface area contributed by atoms with Gasteiger partial charge in [0.1, 0.15) is 11.5 Å². The zero-order valence-electron chi connectivity index (χ0n) is 13.4. The summed E-state index contributed by atoms with van der Waals surface area (Å²) in [6, 6.07) is 1.96. The molecule has 2 atom stereocenters. The summed E-state index contributed by atoms with van der Waals surface area (Å²) in [6.45, 7) is 11.3. The molecule has 5 nitrogen and oxygen atoms in total. The number of aliphatic hydroxyl groups excluding tert-OH is 1. The summed E-state index contributed by atoms with van der Waals surface area (Å²) >= 11 is 0. The highest BCUT2D eigenvalue weighted by atomic mass is 16.3. The Balaban J connectivity index is 1.94. The number of hydrogen-bond acceptors (Lipinski definition) is 4. The zero-order valence-corrected chi connectivity index (χ0v) is 13.4. The van der Waals surface area contributed by atoms with Gasteiger partial charge in [-0.05, 0) is 33.8 Å². The molecule has 1 N–H and O–H groups in total. The van der Waals surface area contributed by atoms with Crippen LogP contribution >= 0.6 is 0 Å². The number of aryl methyl sites for hydroxylation is 2. The topological polar surface area (TPSA) is 56.9 Å². The van der Waals surface area contributed by atoms with E-state index in [0.29, 0.717) is 6.54 Å². The number of hydrogen-bond donors (Lipinski definition) is 1. The molecule has 0 radical (unpaired) electrons. The van der Waals surface area contributed by atoms with E-state index in [1.807, 2.05) is 31.7 Å². The average Bonchev–Trinajstić information content (AvgIpc) is 2.76. The Morgan fingerprint density at radius 3 is 2.38 bits per heavy atom. The normalized spacial score (nSPS) is 19.6. The van der Waals surface area contributed by atoms with Crippen molar-refractivity contribution in [2.24, 2.45) is 0 Å². The fourth-order valence-corrected chi connectivity index (χ4v) is 3.01. The molecule has 0 spiro atoms. The summed E-state index contributed by atoms with van der Waals surface area (Å²) in [5, 5.41) is 9.42. The van der Waals surface area contributed by atoms with Crippen molar-refractivity contribution in [2.45, 2.75) is 39.7 Å². The maximum atomic E-state index is 12.6. The molecule has 1 aromatic rings. The van der Waals surface area contributed by atoms with Crippen molar-refractivity contribution < 1.29 is 14.3 Å². The third-order valence-corrected chi connectivity index (χ3v) is 4.12. The number of aliphatic hydroxyl groups is 1. The second kappa shape index (κ2) is 6.62. The average molecular weight is 294 g/mol. The van der Waals surface area contributed by atoms with E-state index >= 15 is 0 Å². The molecular weight excluding hydrogens is 268 g/mol. The first kappa shape index (κ1) is 16.0. The van der Waals surface area contributed by atoms with Gasteiger partial charge in [0.15, 0.2) is 0 Å². The van der Waals surface area contributed by atoms with E-state index in [2.05, 4.69) is 4.90 Å². The predicted molar refractivity (Wildman–Crippen MR) is 81.3 cm³/mol. The van der Waals surface area contributed by atoms with E-state index in [1.165, 1.54) is 0 Å². The third kappa shape index (κ3) is 3.86. The first-order chi connectivity index (χ1) is 9.88. The van der Waals surface area contributed by atoms with Crippen LogP contribution in [0.5, 0.6) is 0 Å². The summed E-state index contributed by atoms with van der Waals surface area (Å²) < 4.78 is 5.53. The van der Waals surface area contributed by atoms with Gasteiger partial charge in [-0.1, -0.05) is 0 Å². The van der Waals surface area contributed by atoms with Crippen LogP contribution in [-0.2, 0) is 4.79 Å². The lowest BCUT2D eigenvalue weighted by molar-refractivity contribution is -0.134. The molecule has 5 heteroatoms. The van der Waals surface area contributed by atoms with Crippen LogP contribution < -0.4 is 0 Å². The van der Waals surface area contributed by atoms with E-state index in [1.54, 1.807) is 6.92 Å². The largest absolute Gasteiger partial charge is 0.466 e. The lowest BCUT2D eigenvalue weighted by atomic mass is 9.99. The van der Waals surface area contributed by atoms with Crippen LogP contribution in [-0.4, -0.2) is 59.6 Å². The van der Waals surface area contributed by atoms with Crippen molar-refractivity contribution in [3.8, 4) is 0 Å². The number of nitrogens with zero attached hydrogens (tertiary/aromatic N) is 2. The summed E-state index contributed by atoms with van der Waals surface area (Å²) in [4.78, 5) is 16.7. The Morgan fingerprint density at radius 2 is 1.90 bits per heavy atom. The zero-order chi connectivity index (χ0) is 15.6. The van der Waals surface area contributed by atoms with Gasteiger partial charge in [-0.15, -0.1) is 0 Å². The second-order valence-electron chi connectivity index (χ2n) is 6.07. The molecule has 2 rings (SSSR count). The van der Waals surface area contributed by atoms with E-state index in [-0.39, 0.29) is 17.9 Å². The molecule has 2 heterocycles. The Hall–Kier alpha value is -1.33. The van der Waals surface area contributed by atoms with E-state index in [4.69, 9.17) is 4.42 Å². The molecule has 0 aromatic carbocycles. The Kier molecular flexibility index (Phi) is 5.06. The molecule has 1 aromatic heterocycles. The van der Waals surface area contributed by atoms with Crippen molar-refractivity contribution in [3.63, 3.8) is 0 Å². The van der Waals surface area contributed by atoms with Gasteiger partial charge in [0.05, 0.1) is 12.0 Å². The van der Waals surface area contributed by atoms with Crippen molar-refractivity contribution in [1.29, 1.82) is 0 Å². The van der Waals surface area contributed by atoms with Crippen molar-refractivity contribution >= 4 is 5.91 Å². The highest BCUT2D eigenvalue weighted by molar-refractivity contribution is 5.83. The van der Waals surface area contributed by atoms with Crippen LogP contribution in [0.4, 0.5) is 0 Å². The van der Waals surface area contributed by atoms with Gasteiger partial charge < -0.3 is 14.4 Å². The molecule has 1 saturated heterocycles. The quantitative estimate of drug-likeness (QED) is 0.915. The third-order valence-electron chi connectivity index (χ3n) is 4.12. The number of piperazine rings is 1. The van der Waals surface area contributed by atoms with Gasteiger partial charge in [0, 0.05) is 38.3 Å². The number of carbonyl (C=O) groups is 1. The summed E-state index contributed by atoms with van der Waals surface area (Å²) in [5.74, 6) is 1.69. The highest BCUT2D eigenvalue weighted by Gasteiger charge is 2.27. The molecule has 1 amide bonds. The van der Waals surface area contributed by atoms with Gasteiger partial charge in [0.2, 0.25) is 5.91 Å². The summed E-state index contributed by atoms with van der Waals surface area (Å²) in [6.07, 6.45) is -0.317. The van der Waals surface area contributed by atoms with Gasteiger partial charge in [0.25, 0.3) is 0 Å². The fourth-order valence-electron chi connectivity index (χ4n) is 3.01. The highest BCUT2D eigenvalue weighted by Crippen LogP contribution is 2.25. The molecule has 1 aliphatic heterocycles. The number of furan rings is 1. The minimum atomic E-state index is -0.317. The number of amides is 1. The fraction of sp³-hybridized carbons (Fsp3) is 0.688. The monoisotopic (exact) mass is 294 g/mol. The minimum Gasteiger partial charge on any atom is -0.466 e. The molecular formula is C16H26N2O3. The van der Waals surface area contributed by atoms with E-state index < -0.39 is 0 Å². The second-order valence-corrected chi connectivity index (χ2v) is 6.07. The van der Waals surface area contributed by atoms with Crippen LogP contribution in [0.1, 0.15) is 36.8 Å². The predicted octanol–water partition coefficient (Wildman–Crippen LogP) is 1.52. The molecule has 0 unspecified atom stereocenters. The van der Waals surface area contributed by atoms with Crippen molar-refractivity contribution in [1.82, 2.24) is 9.80 Å². The molecule has 21 heavy (non-hydrogen) atoms. The van der Waals surface area contributed by atoms with Crippen LogP contribution in [0.3, 0.4) is 0 Å². The molecule has 0 bridgehead atoms. The van der Waals surface area contributed by atoms with Crippen LogP contribution in [0.25, 0.3) is 0 Å². The van der Waals surface area contributed by atoms with Crippen molar-refractivity contribution in [3.05, 3.63) is 23.2 Å².